The number of carbonyl (C=O) groups is 1. The number of nitrogens with one attached hydrogen (secondary N) is 2. The maximum Gasteiger partial charge on any atom is 0.269 e. The molecule has 0 aliphatic carbocycles. The van der Waals surface area contributed by atoms with Crippen LogP contribution in [-0.2, 0) is 10.0 Å². The van der Waals surface area contributed by atoms with Gasteiger partial charge in [0.1, 0.15) is 0 Å². The number of hydrogen-bond acceptors (Lipinski definition) is 7. The summed E-state index contributed by atoms with van der Waals surface area (Å²) in [5.74, 6) is -0.361. The molecular weight excluding hydrogens is 410 g/mol. The number of carbonyl (C=O) groups excluding carboxylic acids is 1. The smallest absolute Gasteiger partial charge is 0.269 e. The van der Waals surface area contributed by atoms with Gasteiger partial charge in [-0.25, -0.2) is 13.1 Å². The first-order valence-corrected chi connectivity index (χ1v) is 11.1. The zero-order chi connectivity index (χ0) is 20.9. The van der Waals surface area contributed by atoms with Gasteiger partial charge in [-0.15, -0.1) is 10.2 Å². The number of aryl methyl sites for hydroxylation is 1. The van der Waals surface area contributed by atoms with E-state index >= 15 is 0 Å². The summed E-state index contributed by atoms with van der Waals surface area (Å²) in [6, 6.07) is 16.8. The van der Waals surface area contributed by atoms with Crippen LogP contribution in [0.5, 0.6) is 0 Å². The lowest BCUT2D eigenvalue weighted by Crippen LogP contribution is -2.33. The Kier molecular flexibility index (Phi) is 6.57. The molecule has 0 aliphatic heterocycles. The lowest BCUT2D eigenvalue weighted by Gasteiger charge is -2.19. The standard InChI is InChI=1S/C19H21N5O3S2/c1-14-8-6-7-11-16(14)17(25)21-18-22-23-19(28-18)29(26,27)20-12-13-24(2)15-9-4-3-5-10-15/h3-11,20H,12-13H2,1-2H3,(H,21,22,25). The van der Waals surface area contributed by atoms with Crippen molar-refractivity contribution in [3.05, 3.63) is 65.7 Å². The number of likely N-dealkylation sites (N-methyl/N-ethyl adjacent to an activating group) is 1. The second-order valence-electron chi connectivity index (χ2n) is 6.30. The van der Waals surface area contributed by atoms with Gasteiger partial charge in [-0.3, -0.25) is 10.1 Å². The Hall–Kier alpha value is -2.82. The molecule has 0 aliphatic rings. The minimum atomic E-state index is -3.81. The van der Waals surface area contributed by atoms with Gasteiger partial charge in [-0.2, -0.15) is 0 Å². The number of aromatic nitrogens is 2. The molecule has 1 amide bonds. The maximum atomic E-state index is 12.4. The lowest BCUT2D eigenvalue weighted by atomic mass is 10.1. The Morgan fingerprint density at radius 1 is 1.07 bits per heavy atom. The summed E-state index contributed by atoms with van der Waals surface area (Å²) in [4.78, 5) is 14.3. The van der Waals surface area contributed by atoms with E-state index in [1.54, 1.807) is 12.1 Å². The van der Waals surface area contributed by atoms with Crippen LogP contribution in [0, 0.1) is 6.92 Å². The summed E-state index contributed by atoms with van der Waals surface area (Å²) in [5, 5.41) is 10.2. The first-order chi connectivity index (χ1) is 13.9. The molecule has 3 rings (SSSR count). The fraction of sp³-hybridized carbons (Fsp3) is 0.211. The molecule has 0 saturated carbocycles. The lowest BCUT2D eigenvalue weighted by molar-refractivity contribution is 0.102. The van der Waals surface area contributed by atoms with Gasteiger partial charge in [0, 0.05) is 31.4 Å². The third-order valence-corrected chi connectivity index (χ3v) is 6.85. The normalized spacial score (nSPS) is 11.2. The molecule has 10 heteroatoms. The van der Waals surface area contributed by atoms with Crippen molar-refractivity contribution in [2.24, 2.45) is 0 Å². The van der Waals surface area contributed by atoms with E-state index in [2.05, 4.69) is 20.2 Å². The predicted molar refractivity (Wildman–Crippen MR) is 114 cm³/mol. The number of anilines is 2. The molecule has 0 fully saturated rings. The van der Waals surface area contributed by atoms with E-state index < -0.39 is 10.0 Å². The van der Waals surface area contributed by atoms with E-state index in [0.29, 0.717) is 12.1 Å². The first-order valence-electron chi connectivity index (χ1n) is 8.83. The maximum absolute atomic E-state index is 12.4. The van der Waals surface area contributed by atoms with E-state index in [-0.39, 0.29) is 21.9 Å². The van der Waals surface area contributed by atoms with Crippen LogP contribution in [0.3, 0.4) is 0 Å². The van der Waals surface area contributed by atoms with Gasteiger partial charge in [0.15, 0.2) is 0 Å². The SMILES string of the molecule is Cc1ccccc1C(=O)Nc1nnc(S(=O)(=O)NCCN(C)c2ccccc2)s1. The molecule has 1 aromatic heterocycles. The monoisotopic (exact) mass is 431 g/mol. The highest BCUT2D eigenvalue weighted by Crippen LogP contribution is 2.21. The van der Waals surface area contributed by atoms with Gasteiger partial charge < -0.3 is 4.90 Å². The van der Waals surface area contributed by atoms with Crippen LogP contribution in [0.1, 0.15) is 15.9 Å². The highest BCUT2D eigenvalue weighted by molar-refractivity contribution is 7.91. The number of sulfonamides is 1. The van der Waals surface area contributed by atoms with Crippen LogP contribution in [0.25, 0.3) is 0 Å². The Bertz CT molecular complexity index is 1080. The Morgan fingerprint density at radius 2 is 1.76 bits per heavy atom. The van der Waals surface area contributed by atoms with Crippen LogP contribution in [0.15, 0.2) is 58.9 Å². The highest BCUT2D eigenvalue weighted by atomic mass is 32.2. The van der Waals surface area contributed by atoms with Crippen LogP contribution in [0.2, 0.25) is 0 Å². The van der Waals surface area contributed by atoms with E-state index in [1.807, 2.05) is 61.3 Å². The van der Waals surface area contributed by atoms with Crippen molar-refractivity contribution in [2.75, 3.05) is 30.4 Å². The van der Waals surface area contributed by atoms with Crippen molar-refractivity contribution < 1.29 is 13.2 Å². The third-order valence-electron chi connectivity index (χ3n) is 4.18. The Balaban J connectivity index is 1.58. The topological polar surface area (TPSA) is 104 Å². The minimum absolute atomic E-state index is 0.125. The second-order valence-corrected chi connectivity index (χ2v) is 9.22. The fourth-order valence-corrected chi connectivity index (χ4v) is 4.54. The molecule has 29 heavy (non-hydrogen) atoms. The third kappa shape index (κ3) is 5.37. The highest BCUT2D eigenvalue weighted by Gasteiger charge is 2.21. The number of amides is 1. The molecule has 1 heterocycles. The van der Waals surface area contributed by atoms with E-state index in [0.717, 1.165) is 22.6 Å². The average molecular weight is 432 g/mol. The molecule has 0 atom stereocenters. The molecule has 0 saturated heterocycles. The summed E-state index contributed by atoms with van der Waals surface area (Å²) < 4.78 is 27.2. The van der Waals surface area contributed by atoms with Gasteiger partial charge in [0.25, 0.3) is 15.9 Å². The molecule has 8 nitrogen and oxygen atoms in total. The van der Waals surface area contributed by atoms with Crippen LogP contribution < -0.4 is 14.9 Å². The number of rotatable bonds is 8. The minimum Gasteiger partial charge on any atom is -0.373 e. The van der Waals surface area contributed by atoms with Crippen LogP contribution in [-0.4, -0.2) is 44.7 Å². The summed E-state index contributed by atoms with van der Waals surface area (Å²) in [6.07, 6.45) is 0. The van der Waals surface area contributed by atoms with Crippen molar-refractivity contribution in [1.29, 1.82) is 0 Å². The number of hydrogen-bond donors (Lipinski definition) is 2. The Morgan fingerprint density at radius 3 is 2.48 bits per heavy atom. The average Bonchev–Trinajstić information content (AvgIpc) is 3.18. The van der Waals surface area contributed by atoms with Crippen molar-refractivity contribution in [2.45, 2.75) is 11.3 Å². The number of benzene rings is 2. The van der Waals surface area contributed by atoms with Gasteiger partial charge in [-0.1, -0.05) is 47.7 Å². The molecule has 2 N–H and O–H groups in total. The van der Waals surface area contributed by atoms with Gasteiger partial charge in [0.2, 0.25) is 9.47 Å². The second kappa shape index (κ2) is 9.12. The summed E-state index contributed by atoms with van der Waals surface area (Å²) in [7, 11) is -1.93. The summed E-state index contributed by atoms with van der Waals surface area (Å²) in [5.41, 5.74) is 2.30. The van der Waals surface area contributed by atoms with Crippen LogP contribution in [0.4, 0.5) is 10.8 Å². The number of para-hydroxylation sites is 1. The first kappa shape index (κ1) is 20.9. The van der Waals surface area contributed by atoms with Crippen molar-refractivity contribution in [3.63, 3.8) is 0 Å². The van der Waals surface area contributed by atoms with E-state index in [1.165, 1.54) is 0 Å². The van der Waals surface area contributed by atoms with Crippen molar-refractivity contribution in [1.82, 2.24) is 14.9 Å². The summed E-state index contributed by atoms with van der Waals surface area (Å²) in [6.45, 7) is 2.51. The quantitative estimate of drug-likeness (QED) is 0.531. The van der Waals surface area contributed by atoms with Gasteiger partial charge in [0.05, 0.1) is 0 Å². The van der Waals surface area contributed by atoms with Crippen molar-refractivity contribution >= 4 is 38.1 Å². The molecule has 0 unspecified atom stereocenters. The predicted octanol–water partition coefficient (Wildman–Crippen LogP) is 2.51. The zero-order valence-electron chi connectivity index (χ0n) is 16.0. The van der Waals surface area contributed by atoms with E-state index in [4.69, 9.17) is 0 Å². The van der Waals surface area contributed by atoms with Crippen LogP contribution >= 0.6 is 11.3 Å². The molecule has 2 aromatic carbocycles. The largest absolute Gasteiger partial charge is 0.373 e. The fourth-order valence-electron chi connectivity index (χ4n) is 2.58. The van der Waals surface area contributed by atoms with Crippen molar-refractivity contribution in [3.8, 4) is 0 Å². The molecule has 0 radical (unpaired) electrons. The molecular formula is C19H21N5O3S2. The molecule has 152 valence electrons. The number of nitrogens with zero attached hydrogens (tertiary/aromatic N) is 3. The molecule has 0 bridgehead atoms. The van der Waals surface area contributed by atoms with E-state index in [9.17, 15) is 13.2 Å². The zero-order valence-corrected chi connectivity index (χ0v) is 17.6. The van der Waals surface area contributed by atoms with Gasteiger partial charge in [-0.05, 0) is 30.7 Å². The molecule has 3 aromatic rings. The summed E-state index contributed by atoms with van der Waals surface area (Å²) >= 11 is 0.806. The van der Waals surface area contributed by atoms with Gasteiger partial charge >= 0.3 is 0 Å². The molecule has 0 spiro atoms. The Labute approximate surface area is 173 Å².